The van der Waals surface area contributed by atoms with Gasteiger partial charge >= 0.3 is 5.97 Å². The second-order valence-electron chi connectivity index (χ2n) is 3.19. The summed E-state index contributed by atoms with van der Waals surface area (Å²) in [5, 5.41) is 0. The highest BCUT2D eigenvalue weighted by Gasteiger charge is 2.25. The predicted molar refractivity (Wildman–Crippen MR) is 38.6 cm³/mol. The van der Waals surface area contributed by atoms with Crippen molar-refractivity contribution in [1.82, 2.24) is 0 Å². The van der Waals surface area contributed by atoms with Crippen LogP contribution in [0, 0.1) is 5.92 Å². The van der Waals surface area contributed by atoms with Gasteiger partial charge in [-0.1, -0.05) is 0 Å². The lowest BCUT2D eigenvalue weighted by Crippen LogP contribution is -2.11. The van der Waals surface area contributed by atoms with E-state index >= 15 is 0 Å². The highest BCUT2D eigenvalue weighted by Crippen LogP contribution is 2.32. The van der Waals surface area contributed by atoms with Gasteiger partial charge < -0.3 is 4.74 Å². The van der Waals surface area contributed by atoms with E-state index in [4.69, 9.17) is 4.74 Å². The molecule has 0 atom stereocenters. The van der Waals surface area contributed by atoms with Gasteiger partial charge in [-0.05, 0) is 32.6 Å². The van der Waals surface area contributed by atoms with E-state index in [1.165, 1.54) is 12.8 Å². The average molecular weight is 142 g/mol. The first-order chi connectivity index (χ1) is 4.68. The van der Waals surface area contributed by atoms with Gasteiger partial charge in [0.2, 0.25) is 0 Å². The van der Waals surface area contributed by atoms with Crippen LogP contribution in [0.4, 0.5) is 0 Å². The molecule has 0 aromatic rings. The van der Waals surface area contributed by atoms with Crippen LogP contribution in [0.25, 0.3) is 0 Å². The predicted octanol–water partition coefficient (Wildman–Crippen LogP) is 1.74. The summed E-state index contributed by atoms with van der Waals surface area (Å²) in [6.07, 6.45) is 3.12. The Morgan fingerprint density at radius 2 is 2.20 bits per heavy atom. The van der Waals surface area contributed by atoms with E-state index in [2.05, 4.69) is 0 Å². The monoisotopic (exact) mass is 142 g/mol. The van der Waals surface area contributed by atoms with Crippen molar-refractivity contribution >= 4 is 5.97 Å². The first-order valence-corrected chi connectivity index (χ1v) is 3.88. The van der Waals surface area contributed by atoms with Crippen molar-refractivity contribution in [2.45, 2.75) is 39.2 Å². The van der Waals surface area contributed by atoms with Gasteiger partial charge in [-0.2, -0.15) is 0 Å². The number of rotatable bonds is 3. The van der Waals surface area contributed by atoms with Crippen molar-refractivity contribution in [3.05, 3.63) is 0 Å². The minimum absolute atomic E-state index is 0.0301. The maximum atomic E-state index is 10.9. The van der Waals surface area contributed by atoms with E-state index in [1.54, 1.807) is 0 Å². The second kappa shape index (κ2) is 3.04. The summed E-state index contributed by atoms with van der Waals surface area (Å²) >= 11 is 0. The lowest BCUT2D eigenvalue weighted by Gasteiger charge is -2.06. The number of esters is 1. The number of ether oxygens (including phenoxy) is 1. The molecule has 0 aliphatic heterocycles. The lowest BCUT2D eigenvalue weighted by molar-refractivity contribution is -0.147. The molecule has 0 radical (unpaired) electrons. The molecular weight excluding hydrogens is 128 g/mol. The van der Waals surface area contributed by atoms with Crippen LogP contribution in [0.5, 0.6) is 0 Å². The van der Waals surface area contributed by atoms with Gasteiger partial charge in [-0.3, -0.25) is 4.79 Å². The van der Waals surface area contributed by atoms with Crippen LogP contribution in [0.1, 0.15) is 33.1 Å². The van der Waals surface area contributed by atoms with Crippen LogP contribution in [0.3, 0.4) is 0 Å². The molecule has 0 spiro atoms. The van der Waals surface area contributed by atoms with Crippen LogP contribution >= 0.6 is 0 Å². The van der Waals surface area contributed by atoms with E-state index in [0.29, 0.717) is 12.3 Å². The summed E-state index contributed by atoms with van der Waals surface area (Å²) in [6, 6.07) is 0. The molecule has 1 fully saturated rings. The summed E-state index contributed by atoms with van der Waals surface area (Å²) in [4.78, 5) is 10.9. The first-order valence-electron chi connectivity index (χ1n) is 3.88. The standard InChI is InChI=1S/C8H14O2/c1-6(2)10-8(9)5-7-3-4-7/h6-7H,3-5H2,1-2H3. The van der Waals surface area contributed by atoms with Crippen LogP contribution in [-0.2, 0) is 9.53 Å². The van der Waals surface area contributed by atoms with Crippen molar-refractivity contribution < 1.29 is 9.53 Å². The molecule has 1 saturated carbocycles. The van der Waals surface area contributed by atoms with E-state index in [9.17, 15) is 4.79 Å². The topological polar surface area (TPSA) is 26.3 Å². The maximum absolute atomic E-state index is 10.9. The van der Waals surface area contributed by atoms with E-state index < -0.39 is 0 Å². The molecule has 1 aliphatic rings. The zero-order chi connectivity index (χ0) is 7.56. The number of hydrogen-bond donors (Lipinski definition) is 0. The summed E-state index contributed by atoms with van der Waals surface area (Å²) in [5.41, 5.74) is 0. The van der Waals surface area contributed by atoms with Crippen molar-refractivity contribution in [2.75, 3.05) is 0 Å². The van der Waals surface area contributed by atoms with E-state index in [0.717, 1.165) is 0 Å². The molecule has 0 saturated heterocycles. The fourth-order valence-electron chi connectivity index (χ4n) is 0.869. The number of carbonyl (C=O) groups is 1. The summed E-state index contributed by atoms with van der Waals surface area (Å²) < 4.78 is 4.96. The molecule has 0 aromatic heterocycles. The van der Waals surface area contributed by atoms with E-state index in [1.807, 2.05) is 13.8 Å². The molecule has 0 amide bonds. The molecule has 0 aromatic carbocycles. The lowest BCUT2D eigenvalue weighted by atomic mass is 10.3. The molecule has 10 heavy (non-hydrogen) atoms. The summed E-state index contributed by atoms with van der Waals surface area (Å²) in [5.74, 6) is 0.615. The summed E-state index contributed by atoms with van der Waals surface area (Å²) in [6.45, 7) is 3.76. The molecule has 58 valence electrons. The zero-order valence-electron chi connectivity index (χ0n) is 6.59. The minimum Gasteiger partial charge on any atom is -0.463 e. The third kappa shape index (κ3) is 2.85. The number of hydrogen-bond acceptors (Lipinski definition) is 2. The highest BCUT2D eigenvalue weighted by molar-refractivity contribution is 5.70. The Morgan fingerprint density at radius 3 is 2.60 bits per heavy atom. The Balaban J connectivity index is 2.08. The number of carbonyl (C=O) groups excluding carboxylic acids is 1. The molecule has 0 unspecified atom stereocenters. The quantitative estimate of drug-likeness (QED) is 0.561. The minimum atomic E-state index is -0.0301. The maximum Gasteiger partial charge on any atom is 0.306 e. The molecule has 2 heteroatoms. The van der Waals surface area contributed by atoms with Gasteiger partial charge in [0.1, 0.15) is 0 Å². The van der Waals surface area contributed by atoms with Crippen molar-refractivity contribution in [3.8, 4) is 0 Å². The van der Waals surface area contributed by atoms with Gasteiger partial charge in [0.25, 0.3) is 0 Å². The molecule has 2 nitrogen and oxygen atoms in total. The van der Waals surface area contributed by atoms with Gasteiger partial charge in [0.05, 0.1) is 6.10 Å². The molecule has 0 N–H and O–H groups in total. The fraction of sp³-hybridized carbons (Fsp3) is 0.875. The molecule has 0 bridgehead atoms. The molecule has 0 heterocycles. The third-order valence-corrected chi connectivity index (χ3v) is 1.52. The normalized spacial score (nSPS) is 17.5. The first kappa shape index (κ1) is 7.58. The van der Waals surface area contributed by atoms with Crippen LogP contribution in [0.2, 0.25) is 0 Å². The zero-order valence-corrected chi connectivity index (χ0v) is 6.59. The van der Waals surface area contributed by atoms with Crippen LogP contribution in [-0.4, -0.2) is 12.1 Å². The fourth-order valence-corrected chi connectivity index (χ4v) is 0.869. The van der Waals surface area contributed by atoms with Crippen LogP contribution in [0.15, 0.2) is 0 Å². The van der Waals surface area contributed by atoms with Crippen molar-refractivity contribution in [2.24, 2.45) is 5.92 Å². The Morgan fingerprint density at radius 1 is 1.60 bits per heavy atom. The van der Waals surface area contributed by atoms with Gasteiger partial charge in [0, 0.05) is 6.42 Å². The SMILES string of the molecule is CC(C)OC(=O)CC1CC1. The van der Waals surface area contributed by atoms with Crippen molar-refractivity contribution in [1.29, 1.82) is 0 Å². The van der Waals surface area contributed by atoms with Gasteiger partial charge in [-0.25, -0.2) is 0 Å². The van der Waals surface area contributed by atoms with Crippen LogP contribution < -0.4 is 0 Å². The van der Waals surface area contributed by atoms with E-state index in [-0.39, 0.29) is 12.1 Å². The largest absolute Gasteiger partial charge is 0.463 e. The van der Waals surface area contributed by atoms with Gasteiger partial charge in [0.15, 0.2) is 0 Å². The Bertz CT molecular complexity index is 119. The Hall–Kier alpha value is -0.530. The molecule has 1 aliphatic carbocycles. The summed E-state index contributed by atoms with van der Waals surface area (Å²) in [7, 11) is 0. The third-order valence-electron chi connectivity index (χ3n) is 1.52. The van der Waals surface area contributed by atoms with Crippen molar-refractivity contribution in [3.63, 3.8) is 0 Å². The Labute approximate surface area is 61.6 Å². The average Bonchev–Trinajstić information content (AvgIpc) is 2.46. The second-order valence-corrected chi connectivity index (χ2v) is 3.19. The Kier molecular flexibility index (Phi) is 2.30. The smallest absolute Gasteiger partial charge is 0.306 e. The molecule has 1 rings (SSSR count). The van der Waals surface area contributed by atoms with Gasteiger partial charge in [-0.15, -0.1) is 0 Å². The highest BCUT2D eigenvalue weighted by atomic mass is 16.5. The molecular formula is C8H14O2.